The van der Waals surface area contributed by atoms with E-state index in [0.717, 1.165) is 11.3 Å². The van der Waals surface area contributed by atoms with Gasteiger partial charge in [0.05, 0.1) is 6.54 Å². The van der Waals surface area contributed by atoms with Gasteiger partial charge in [-0.15, -0.1) is 0 Å². The van der Waals surface area contributed by atoms with Gasteiger partial charge in [0.1, 0.15) is 0 Å². The molecule has 0 aliphatic heterocycles. The minimum absolute atomic E-state index is 0.0155. The summed E-state index contributed by atoms with van der Waals surface area (Å²) in [7, 11) is 1.62. The molecule has 4 heteroatoms. The number of likely N-dealkylation sites (N-methyl/N-ethyl adjacent to an activating group) is 1. The number of aryl methyl sites for hydroxylation is 1. The van der Waals surface area contributed by atoms with E-state index in [0.29, 0.717) is 5.56 Å². The van der Waals surface area contributed by atoms with Gasteiger partial charge in [-0.3, -0.25) is 9.59 Å². The third-order valence-corrected chi connectivity index (χ3v) is 3.08. The number of para-hydroxylation sites is 1. The van der Waals surface area contributed by atoms with Crippen LogP contribution in [-0.4, -0.2) is 30.3 Å². The highest BCUT2D eigenvalue weighted by molar-refractivity contribution is 5.99. The second-order valence-corrected chi connectivity index (χ2v) is 4.94. The van der Waals surface area contributed by atoms with Crippen LogP contribution in [0.15, 0.2) is 54.6 Å². The molecule has 0 aromatic heterocycles. The van der Waals surface area contributed by atoms with Crippen molar-refractivity contribution in [3.8, 4) is 0 Å². The number of hydrogen-bond donors (Lipinski definition) is 1. The van der Waals surface area contributed by atoms with Gasteiger partial charge >= 0.3 is 0 Å². The Morgan fingerprint density at radius 1 is 1.00 bits per heavy atom. The zero-order valence-electron chi connectivity index (χ0n) is 12.2. The van der Waals surface area contributed by atoms with Gasteiger partial charge in [0.25, 0.3) is 5.91 Å². The summed E-state index contributed by atoms with van der Waals surface area (Å²) in [5, 5.41) is 2.76. The van der Waals surface area contributed by atoms with Gasteiger partial charge in [0, 0.05) is 18.3 Å². The topological polar surface area (TPSA) is 49.4 Å². The van der Waals surface area contributed by atoms with Crippen LogP contribution in [0.5, 0.6) is 0 Å². The standard InChI is InChI=1S/C17H18N2O2/c1-13-8-10-14(11-9-13)17(21)19(2)12-16(20)18-15-6-4-3-5-7-15/h3-11H,12H2,1-2H3,(H,18,20). The van der Waals surface area contributed by atoms with Crippen molar-refractivity contribution in [3.05, 3.63) is 65.7 Å². The first-order valence-corrected chi connectivity index (χ1v) is 6.73. The molecule has 0 saturated carbocycles. The molecule has 2 aromatic rings. The Balaban J connectivity index is 1.94. The molecule has 0 fully saturated rings. The summed E-state index contributed by atoms with van der Waals surface area (Å²) in [6.45, 7) is 1.98. The molecule has 2 aromatic carbocycles. The summed E-state index contributed by atoms with van der Waals surface area (Å²) >= 11 is 0. The maximum absolute atomic E-state index is 12.2. The molecule has 0 spiro atoms. The van der Waals surface area contributed by atoms with Crippen LogP contribution >= 0.6 is 0 Å². The van der Waals surface area contributed by atoms with Gasteiger partial charge in [-0.25, -0.2) is 0 Å². The van der Waals surface area contributed by atoms with Crippen LogP contribution in [-0.2, 0) is 4.79 Å². The molecule has 4 nitrogen and oxygen atoms in total. The molecule has 0 bridgehead atoms. The summed E-state index contributed by atoms with van der Waals surface area (Å²) in [6, 6.07) is 16.5. The first-order chi connectivity index (χ1) is 10.1. The number of benzene rings is 2. The van der Waals surface area contributed by atoms with Crippen LogP contribution in [0.1, 0.15) is 15.9 Å². The van der Waals surface area contributed by atoms with Crippen LogP contribution in [0.2, 0.25) is 0 Å². The fraction of sp³-hybridized carbons (Fsp3) is 0.176. The predicted octanol–water partition coefficient (Wildman–Crippen LogP) is 2.71. The monoisotopic (exact) mass is 282 g/mol. The molecule has 2 rings (SSSR count). The van der Waals surface area contributed by atoms with Crippen molar-refractivity contribution in [3.63, 3.8) is 0 Å². The number of nitrogens with one attached hydrogen (secondary N) is 1. The second kappa shape index (κ2) is 6.70. The van der Waals surface area contributed by atoms with E-state index >= 15 is 0 Å². The zero-order chi connectivity index (χ0) is 15.2. The molecule has 2 amide bonds. The number of nitrogens with zero attached hydrogens (tertiary/aromatic N) is 1. The van der Waals surface area contributed by atoms with E-state index in [2.05, 4.69) is 5.32 Å². The lowest BCUT2D eigenvalue weighted by atomic mass is 10.1. The lowest BCUT2D eigenvalue weighted by Crippen LogP contribution is -2.34. The van der Waals surface area contributed by atoms with Crippen molar-refractivity contribution in [2.75, 3.05) is 18.9 Å². The van der Waals surface area contributed by atoms with Gasteiger partial charge in [-0.05, 0) is 31.2 Å². The van der Waals surface area contributed by atoms with E-state index in [4.69, 9.17) is 0 Å². The maximum Gasteiger partial charge on any atom is 0.254 e. The molecular weight excluding hydrogens is 264 g/mol. The van der Waals surface area contributed by atoms with E-state index < -0.39 is 0 Å². The lowest BCUT2D eigenvalue weighted by Gasteiger charge is -2.17. The van der Waals surface area contributed by atoms with Gasteiger partial charge in [0.2, 0.25) is 5.91 Å². The van der Waals surface area contributed by atoms with Crippen molar-refractivity contribution in [1.29, 1.82) is 0 Å². The summed E-state index contributed by atoms with van der Waals surface area (Å²) in [5.41, 5.74) is 2.39. The molecule has 0 aliphatic carbocycles. The second-order valence-electron chi connectivity index (χ2n) is 4.94. The highest BCUT2D eigenvalue weighted by Crippen LogP contribution is 2.07. The Hall–Kier alpha value is -2.62. The summed E-state index contributed by atoms with van der Waals surface area (Å²) in [6.07, 6.45) is 0. The van der Waals surface area contributed by atoms with E-state index in [1.165, 1.54) is 4.90 Å². The fourth-order valence-electron chi connectivity index (χ4n) is 1.93. The van der Waals surface area contributed by atoms with E-state index in [1.54, 1.807) is 31.3 Å². The Labute approximate surface area is 124 Å². The molecule has 0 aliphatic rings. The molecule has 0 saturated heterocycles. The van der Waals surface area contributed by atoms with E-state index in [9.17, 15) is 9.59 Å². The van der Waals surface area contributed by atoms with E-state index in [-0.39, 0.29) is 18.4 Å². The molecule has 0 heterocycles. The quantitative estimate of drug-likeness (QED) is 0.937. The number of hydrogen-bond acceptors (Lipinski definition) is 2. The van der Waals surface area contributed by atoms with E-state index in [1.807, 2.05) is 37.3 Å². The van der Waals surface area contributed by atoms with Crippen LogP contribution in [0, 0.1) is 6.92 Å². The molecule has 0 atom stereocenters. The van der Waals surface area contributed by atoms with Crippen LogP contribution in [0.4, 0.5) is 5.69 Å². The minimum atomic E-state index is -0.218. The zero-order valence-corrected chi connectivity index (χ0v) is 12.2. The molecular formula is C17H18N2O2. The van der Waals surface area contributed by atoms with Gasteiger partial charge in [-0.1, -0.05) is 35.9 Å². The van der Waals surface area contributed by atoms with Crippen LogP contribution in [0.25, 0.3) is 0 Å². The smallest absolute Gasteiger partial charge is 0.254 e. The first kappa shape index (κ1) is 14.8. The molecule has 0 radical (unpaired) electrons. The number of rotatable bonds is 4. The average molecular weight is 282 g/mol. The van der Waals surface area contributed by atoms with Crippen molar-refractivity contribution in [1.82, 2.24) is 4.90 Å². The van der Waals surface area contributed by atoms with Crippen LogP contribution < -0.4 is 5.32 Å². The highest BCUT2D eigenvalue weighted by Gasteiger charge is 2.14. The number of carbonyl (C=O) groups excluding carboxylic acids is 2. The minimum Gasteiger partial charge on any atom is -0.332 e. The van der Waals surface area contributed by atoms with Gasteiger partial charge in [0.15, 0.2) is 0 Å². The summed E-state index contributed by atoms with van der Waals surface area (Å²) in [4.78, 5) is 25.5. The van der Waals surface area contributed by atoms with Crippen molar-refractivity contribution < 1.29 is 9.59 Å². The largest absolute Gasteiger partial charge is 0.332 e. The maximum atomic E-state index is 12.2. The average Bonchev–Trinajstić information content (AvgIpc) is 2.48. The number of amides is 2. The first-order valence-electron chi connectivity index (χ1n) is 6.73. The lowest BCUT2D eigenvalue weighted by molar-refractivity contribution is -0.116. The Morgan fingerprint density at radius 2 is 1.62 bits per heavy atom. The third-order valence-electron chi connectivity index (χ3n) is 3.08. The Bertz CT molecular complexity index is 621. The van der Waals surface area contributed by atoms with Crippen molar-refractivity contribution >= 4 is 17.5 Å². The predicted molar refractivity (Wildman–Crippen MR) is 83.2 cm³/mol. The number of carbonyl (C=O) groups is 2. The number of anilines is 1. The molecule has 1 N–H and O–H groups in total. The van der Waals surface area contributed by atoms with Crippen molar-refractivity contribution in [2.24, 2.45) is 0 Å². The fourth-order valence-corrected chi connectivity index (χ4v) is 1.93. The third kappa shape index (κ3) is 4.18. The van der Waals surface area contributed by atoms with Crippen LogP contribution in [0.3, 0.4) is 0 Å². The molecule has 108 valence electrons. The Morgan fingerprint density at radius 3 is 2.24 bits per heavy atom. The Kier molecular flexibility index (Phi) is 4.72. The van der Waals surface area contributed by atoms with Gasteiger partial charge < -0.3 is 10.2 Å². The normalized spacial score (nSPS) is 10.0. The summed E-state index contributed by atoms with van der Waals surface area (Å²) in [5.74, 6) is -0.387. The molecule has 0 unspecified atom stereocenters. The highest BCUT2D eigenvalue weighted by atomic mass is 16.2. The van der Waals surface area contributed by atoms with Gasteiger partial charge in [-0.2, -0.15) is 0 Å². The molecule has 21 heavy (non-hydrogen) atoms. The van der Waals surface area contributed by atoms with Crippen molar-refractivity contribution in [2.45, 2.75) is 6.92 Å². The SMILES string of the molecule is Cc1ccc(C(=O)N(C)CC(=O)Nc2ccccc2)cc1. The summed E-state index contributed by atoms with van der Waals surface area (Å²) < 4.78 is 0.